The summed E-state index contributed by atoms with van der Waals surface area (Å²) >= 11 is 0. The highest BCUT2D eigenvalue weighted by molar-refractivity contribution is 5.92. The van der Waals surface area contributed by atoms with Crippen LogP contribution in [0.3, 0.4) is 0 Å². The molecule has 0 aliphatic carbocycles. The molecule has 5 rings (SSSR count). The Morgan fingerprint density at radius 1 is 1.23 bits per heavy atom. The predicted molar refractivity (Wildman–Crippen MR) is 111 cm³/mol. The minimum Gasteiger partial charge on any atom is -0.496 e. The Balaban J connectivity index is 1.59. The number of hydrogen-bond donors (Lipinski definition) is 3. The Kier molecular flexibility index (Phi) is 4.06. The molecule has 3 aromatic heterocycles. The summed E-state index contributed by atoms with van der Waals surface area (Å²) in [4.78, 5) is 20.5. The van der Waals surface area contributed by atoms with Crippen molar-refractivity contribution in [1.29, 1.82) is 0 Å². The molecular formula is C21H16N6O3. The number of imidazole rings is 1. The van der Waals surface area contributed by atoms with Gasteiger partial charge < -0.3 is 19.6 Å². The van der Waals surface area contributed by atoms with Crippen LogP contribution < -0.4 is 10.1 Å². The number of benzene rings is 2. The molecule has 0 aliphatic rings. The van der Waals surface area contributed by atoms with Gasteiger partial charge in [-0.1, -0.05) is 12.1 Å². The molecular weight excluding hydrogens is 384 g/mol. The summed E-state index contributed by atoms with van der Waals surface area (Å²) in [6, 6.07) is 10.7. The number of aromatic carboxylic acids is 1. The summed E-state index contributed by atoms with van der Waals surface area (Å²) in [6.45, 7) is 0. The molecule has 0 radical (unpaired) electrons. The molecule has 0 saturated heterocycles. The summed E-state index contributed by atoms with van der Waals surface area (Å²) < 4.78 is 7.09. The van der Waals surface area contributed by atoms with Crippen LogP contribution in [0.4, 0.5) is 11.5 Å². The van der Waals surface area contributed by atoms with Crippen LogP contribution in [0.5, 0.6) is 5.75 Å². The molecule has 9 heteroatoms. The number of fused-ring (bicyclic) bond motifs is 2. The van der Waals surface area contributed by atoms with Crippen molar-refractivity contribution >= 4 is 34.0 Å². The fourth-order valence-electron chi connectivity index (χ4n) is 3.33. The fourth-order valence-corrected chi connectivity index (χ4v) is 3.33. The zero-order valence-electron chi connectivity index (χ0n) is 15.8. The minimum absolute atomic E-state index is 0.0866. The summed E-state index contributed by atoms with van der Waals surface area (Å²) in [6.07, 6.45) is 7.21. The fraction of sp³-hybridized carbons (Fsp3) is 0.0476. The summed E-state index contributed by atoms with van der Waals surface area (Å²) in [5.41, 5.74) is 3.95. The van der Waals surface area contributed by atoms with Crippen molar-refractivity contribution in [2.45, 2.75) is 0 Å². The highest BCUT2D eigenvalue weighted by Gasteiger charge is 2.14. The quantitative estimate of drug-likeness (QED) is 0.411. The number of carboxylic acids is 1. The van der Waals surface area contributed by atoms with E-state index >= 15 is 0 Å². The zero-order chi connectivity index (χ0) is 20.7. The first-order valence-corrected chi connectivity index (χ1v) is 9.08. The van der Waals surface area contributed by atoms with E-state index in [0.29, 0.717) is 17.2 Å². The van der Waals surface area contributed by atoms with Crippen molar-refractivity contribution in [2.24, 2.45) is 0 Å². The lowest BCUT2D eigenvalue weighted by atomic mass is 10.1. The van der Waals surface area contributed by atoms with E-state index in [-0.39, 0.29) is 11.3 Å². The van der Waals surface area contributed by atoms with Crippen molar-refractivity contribution in [3.05, 3.63) is 66.7 Å². The highest BCUT2D eigenvalue weighted by atomic mass is 16.5. The number of hydrogen-bond acceptors (Lipinski definition) is 6. The van der Waals surface area contributed by atoms with Crippen molar-refractivity contribution in [3.63, 3.8) is 0 Å². The van der Waals surface area contributed by atoms with Crippen LogP contribution in [-0.4, -0.2) is 42.8 Å². The highest BCUT2D eigenvalue weighted by Crippen LogP contribution is 2.29. The van der Waals surface area contributed by atoms with E-state index in [2.05, 4.69) is 20.5 Å². The van der Waals surface area contributed by atoms with Crippen LogP contribution in [0.15, 0.2) is 61.2 Å². The topological polar surface area (TPSA) is 117 Å². The number of methoxy groups -OCH3 is 1. The van der Waals surface area contributed by atoms with Crippen LogP contribution in [0.25, 0.3) is 27.8 Å². The lowest BCUT2D eigenvalue weighted by Crippen LogP contribution is -2.03. The first kappa shape index (κ1) is 17.7. The van der Waals surface area contributed by atoms with Crippen LogP contribution in [0.1, 0.15) is 10.4 Å². The van der Waals surface area contributed by atoms with Gasteiger partial charge in [-0.15, -0.1) is 0 Å². The van der Waals surface area contributed by atoms with Crippen LogP contribution in [-0.2, 0) is 0 Å². The van der Waals surface area contributed by atoms with Gasteiger partial charge in [0, 0.05) is 41.3 Å². The third-order valence-electron chi connectivity index (χ3n) is 4.81. The molecule has 0 atom stereocenters. The van der Waals surface area contributed by atoms with E-state index < -0.39 is 5.97 Å². The molecule has 0 unspecified atom stereocenters. The molecule has 0 aliphatic heterocycles. The van der Waals surface area contributed by atoms with Gasteiger partial charge in [0.2, 0.25) is 0 Å². The Morgan fingerprint density at radius 2 is 2.13 bits per heavy atom. The molecule has 9 nitrogen and oxygen atoms in total. The van der Waals surface area contributed by atoms with Crippen molar-refractivity contribution in [1.82, 2.24) is 24.6 Å². The molecule has 0 saturated carbocycles. The number of carboxylic acid groups (broad SMARTS) is 1. The van der Waals surface area contributed by atoms with Crippen LogP contribution in [0.2, 0.25) is 0 Å². The van der Waals surface area contributed by atoms with Gasteiger partial charge in [0.15, 0.2) is 11.5 Å². The smallest absolute Gasteiger partial charge is 0.339 e. The molecule has 3 heterocycles. The maximum atomic E-state index is 11.3. The molecule has 0 bridgehead atoms. The lowest BCUT2D eigenvalue weighted by Gasteiger charge is -2.12. The third-order valence-corrected chi connectivity index (χ3v) is 4.81. The molecule has 0 amide bonds. The van der Waals surface area contributed by atoms with E-state index in [0.717, 1.165) is 22.2 Å². The number of ether oxygens (including phenoxy) is 1. The Morgan fingerprint density at radius 3 is 2.97 bits per heavy atom. The predicted octanol–water partition coefficient (Wildman–Crippen LogP) is 3.72. The molecule has 2 aromatic carbocycles. The Bertz CT molecular complexity index is 1400. The Hall–Kier alpha value is -4.40. The number of nitrogens with zero attached hydrogens (tertiary/aromatic N) is 4. The average Bonchev–Trinajstić information content (AvgIpc) is 3.42. The van der Waals surface area contributed by atoms with Gasteiger partial charge in [-0.25, -0.2) is 14.8 Å². The number of rotatable bonds is 5. The summed E-state index contributed by atoms with van der Waals surface area (Å²) in [5.74, 6) is -0.261. The molecule has 148 valence electrons. The van der Waals surface area contributed by atoms with Gasteiger partial charge in [-0.3, -0.25) is 5.10 Å². The molecule has 0 fully saturated rings. The van der Waals surface area contributed by atoms with Crippen LogP contribution >= 0.6 is 0 Å². The van der Waals surface area contributed by atoms with Crippen molar-refractivity contribution in [2.75, 3.05) is 12.4 Å². The van der Waals surface area contributed by atoms with E-state index in [1.165, 1.54) is 13.2 Å². The van der Waals surface area contributed by atoms with E-state index in [1.807, 2.05) is 35.0 Å². The van der Waals surface area contributed by atoms with E-state index in [1.54, 1.807) is 24.5 Å². The number of anilines is 2. The number of nitrogens with one attached hydrogen (secondary N) is 2. The number of H-pyrrole nitrogens is 1. The van der Waals surface area contributed by atoms with Crippen LogP contribution in [0, 0.1) is 0 Å². The molecule has 5 aromatic rings. The van der Waals surface area contributed by atoms with E-state index in [4.69, 9.17) is 9.72 Å². The first-order valence-electron chi connectivity index (χ1n) is 9.08. The number of aromatic amines is 1. The van der Waals surface area contributed by atoms with Gasteiger partial charge in [0.25, 0.3) is 0 Å². The van der Waals surface area contributed by atoms with Crippen molar-refractivity contribution in [3.8, 4) is 17.0 Å². The van der Waals surface area contributed by atoms with Gasteiger partial charge in [-0.2, -0.15) is 5.10 Å². The van der Waals surface area contributed by atoms with Gasteiger partial charge >= 0.3 is 5.97 Å². The molecule has 3 N–H and O–H groups in total. The van der Waals surface area contributed by atoms with Gasteiger partial charge in [0.05, 0.1) is 24.5 Å². The summed E-state index contributed by atoms with van der Waals surface area (Å²) in [7, 11) is 1.43. The largest absolute Gasteiger partial charge is 0.496 e. The second kappa shape index (κ2) is 6.89. The first-order chi connectivity index (χ1) is 14.6. The second-order valence-electron chi connectivity index (χ2n) is 6.65. The van der Waals surface area contributed by atoms with Crippen molar-refractivity contribution < 1.29 is 14.6 Å². The van der Waals surface area contributed by atoms with E-state index in [9.17, 15) is 9.90 Å². The Labute approximate surface area is 170 Å². The SMILES string of the molecule is COc1cc(Nc2nc(-c3ccc4cn[nH]c4c3)cn3ccnc23)ccc1C(=O)O. The average molecular weight is 400 g/mol. The third kappa shape index (κ3) is 2.98. The minimum atomic E-state index is -1.05. The van der Waals surface area contributed by atoms with Gasteiger partial charge in [0.1, 0.15) is 11.3 Å². The maximum absolute atomic E-state index is 11.3. The zero-order valence-corrected chi connectivity index (χ0v) is 15.8. The second-order valence-corrected chi connectivity index (χ2v) is 6.65. The standard InChI is InChI=1S/C21H16N6O3/c1-30-18-9-14(4-5-15(18)21(28)29)24-19-20-22-6-7-27(20)11-17(25-19)12-2-3-13-10-23-26-16(13)8-12/h2-11H,1H3,(H,23,26)(H,24,25)(H,28,29). The molecule has 30 heavy (non-hydrogen) atoms. The molecule has 0 spiro atoms. The monoisotopic (exact) mass is 400 g/mol. The maximum Gasteiger partial charge on any atom is 0.339 e. The number of aromatic nitrogens is 5. The number of carbonyl (C=O) groups is 1. The summed E-state index contributed by atoms with van der Waals surface area (Å²) in [5, 5.41) is 20.6. The lowest BCUT2D eigenvalue weighted by molar-refractivity contribution is 0.0693. The van der Waals surface area contributed by atoms with Gasteiger partial charge in [-0.05, 0) is 18.2 Å². The normalized spacial score (nSPS) is 11.1.